The van der Waals surface area contributed by atoms with E-state index in [1.807, 2.05) is 6.92 Å². The van der Waals surface area contributed by atoms with E-state index in [2.05, 4.69) is 46.8 Å². The standard InChI is InChI=1S/C14H10Br2N4O2/c1-2-10-11(20-6-17-5-18-14(20)19-10)12(21)7-3-8(15)13(22)9(16)4-7/h3-6,22H,2H2,1H3. The maximum Gasteiger partial charge on any atom is 0.237 e. The Morgan fingerprint density at radius 3 is 2.64 bits per heavy atom. The highest BCUT2D eigenvalue weighted by Crippen LogP contribution is 2.34. The summed E-state index contributed by atoms with van der Waals surface area (Å²) in [5.41, 5.74) is 1.52. The fourth-order valence-electron chi connectivity index (χ4n) is 2.17. The van der Waals surface area contributed by atoms with Gasteiger partial charge >= 0.3 is 0 Å². The fourth-order valence-corrected chi connectivity index (χ4v) is 3.36. The third-order valence-corrected chi connectivity index (χ3v) is 4.42. The minimum atomic E-state index is -0.208. The lowest BCUT2D eigenvalue weighted by Crippen LogP contribution is -2.09. The molecule has 0 amide bonds. The molecule has 3 aromatic rings. The van der Waals surface area contributed by atoms with Crippen LogP contribution in [0.2, 0.25) is 0 Å². The van der Waals surface area contributed by atoms with E-state index in [9.17, 15) is 9.90 Å². The maximum absolute atomic E-state index is 12.9. The van der Waals surface area contributed by atoms with Crippen molar-refractivity contribution in [2.24, 2.45) is 0 Å². The number of aromatic hydroxyl groups is 1. The molecule has 0 atom stereocenters. The van der Waals surface area contributed by atoms with Crippen molar-refractivity contribution in [1.29, 1.82) is 0 Å². The number of fused-ring (bicyclic) bond motifs is 1. The molecule has 2 heterocycles. The van der Waals surface area contributed by atoms with Crippen molar-refractivity contribution in [2.75, 3.05) is 0 Å². The Kier molecular flexibility index (Phi) is 3.96. The summed E-state index contributed by atoms with van der Waals surface area (Å²) in [5.74, 6) is 0.279. The van der Waals surface area contributed by atoms with Gasteiger partial charge in [-0.2, -0.15) is 0 Å². The average Bonchev–Trinajstić information content (AvgIpc) is 2.89. The normalized spacial score (nSPS) is 11.0. The smallest absolute Gasteiger partial charge is 0.237 e. The summed E-state index contributed by atoms with van der Waals surface area (Å²) in [6, 6.07) is 3.15. The van der Waals surface area contributed by atoms with Gasteiger partial charge in [-0.05, 0) is 50.4 Å². The Morgan fingerprint density at radius 2 is 2.00 bits per heavy atom. The molecule has 1 N–H and O–H groups in total. The summed E-state index contributed by atoms with van der Waals surface area (Å²) in [5, 5.41) is 9.77. The van der Waals surface area contributed by atoms with Gasteiger partial charge in [-0.1, -0.05) is 6.92 Å². The van der Waals surface area contributed by atoms with Gasteiger partial charge in [0.1, 0.15) is 24.1 Å². The first-order valence-electron chi connectivity index (χ1n) is 6.42. The monoisotopic (exact) mass is 424 g/mol. The highest BCUT2D eigenvalue weighted by molar-refractivity contribution is 9.11. The van der Waals surface area contributed by atoms with Gasteiger partial charge < -0.3 is 5.11 Å². The number of halogens is 2. The van der Waals surface area contributed by atoms with Crippen LogP contribution in [0.25, 0.3) is 5.78 Å². The van der Waals surface area contributed by atoms with Crippen molar-refractivity contribution in [3.8, 4) is 5.75 Å². The van der Waals surface area contributed by atoms with Crippen molar-refractivity contribution in [1.82, 2.24) is 19.4 Å². The molecular formula is C14H10Br2N4O2. The van der Waals surface area contributed by atoms with E-state index in [-0.39, 0.29) is 11.5 Å². The second-order valence-corrected chi connectivity index (χ2v) is 6.27. The number of rotatable bonds is 3. The summed E-state index contributed by atoms with van der Waals surface area (Å²) < 4.78 is 2.46. The summed E-state index contributed by atoms with van der Waals surface area (Å²) in [7, 11) is 0. The predicted octanol–water partition coefficient (Wildman–Crippen LogP) is 3.15. The van der Waals surface area contributed by atoms with Gasteiger partial charge in [0.05, 0.1) is 14.6 Å². The lowest BCUT2D eigenvalue weighted by atomic mass is 10.1. The number of ketones is 1. The maximum atomic E-state index is 12.9. The fraction of sp³-hybridized carbons (Fsp3) is 0.143. The molecule has 6 nitrogen and oxygen atoms in total. The number of phenols is 1. The van der Waals surface area contributed by atoms with Crippen molar-refractivity contribution < 1.29 is 9.90 Å². The number of nitrogens with zero attached hydrogens (tertiary/aromatic N) is 4. The summed E-state index contributed by atoms with van der Waals surface area (Å²) in [6.07, 6.45) is 3.51. The van der Waals surface area contributed by atoms with Crippen LogP contribution >= 0.6 is 31.9 Å². The van der Waals surface area contributed by atoms with Crippen LogP contribution < -0.4 is 0 Å². The van der Waals surface area contributed by atoms with Crippen LogP contribution in [0.15, 0.2) is 33.7 Å². The molecule has 0 bridgehead atoms. The van der Waals surface area contributed by atoms with Crippen LogP contribution in [0.1, 0.15) is 28.7 Å². The summed E-state index contributed by atoms with van der Waals surface area (Å²) in [6.45, 7) is 1.93. The molecule has 3 rings (SSSR count). The number of hydrogen-bond acceptors (Lipinski definition) is 5. The number of benzene rings is 1. The number of imidazole rings is 1. The van der Waals surface area contributed by atoms with Crippen LogP contribution in [0.3, 0.4) is 0 Å². The molecule has 0 spiro atoms. The molecular weight excluding hydrogens is 416 g/mol. The number of hydrogen-bond donors (Lipinski definition) is 1. The lowest BCUT2D eigenvalue weighted by Gasteiger charge is -2.06. The molecule has 0 fully saturated rings. The van der Waals surface area contributed by atoms with E-state index >= 15 is 0 Å². The molecule has 0 saturated carbocycles. The lowest BCUT2D eigenvalue weighted by molar-refractivity contribution is 0.103. The SMILES string of the molecule is CCc1nc2ncncn2c1C(=O)c1cc(Br)c(O)c(Br)c1. The largest absolute Gasteiger partial charge is 0.506 e. The molecule has 0 unspecified atom stereocenters. The predicted molar refractivity (Wildman–Crippen MR) is 87.1 cm³/mol. The Balaban J connectivity index is 2.21. The van der Waals surface area contributed by atoms with Crippen molar-refractivity contribution in [3.05, 3.63) is 50.7 Å². The van der Waals surface area contributed by atoms with Gasteiger partial charge in [-0.15, -0.1) is 0 Å². The topological polar surface area (TPSA) is 80.4 Å². The number of aryl methyl sites for hydroxylation is 1. The first kappa shape index (κ1) is 15.1. The number of aromatic nitrogens is 4. The highest BCUT2D eigenvalue weighted by atomic mass is 79.9. The van der Waals surface area contributed by atoms with E-state index in [0.717, 1.165) is 0 Å². The van der Waals surface area contributed by atoms with Crippen LogP contribution in [0, 0.1) is 0 Å². The molecule has 0 aliphatic carbocycles. The second-order valence-electron chi connectivity index (χ2n) is 4.56. The van der Waals surface area contributed by atoms with Gasteiger partial charge in [0.2, 0.25) is 11.6 Å². The number of carbonyl (C=O) groups excluding carboxylic acids is 1. The van der Waals surface area contributed by atoms with E-state index in [1.54, 1.807) is 16.5 Å². The number of phenolic OH excluding ortho intramolecular Hbond substituents is 1. The van der Waals surface area contributed by atoms with Crippen molar-refractivity contribution in [2.45, 2.75) is 13.3 Å². The first-order valence-corrected chi connectivity index (χ1v) is 8.01. The van der Waals surface area contributed by atoms with Crippen LogP contribution in [0.4, 0.5) is 0 Å². The third kappa shape index (κ3) is 2.42. The van der Waals surface area contributed by atoms with Crippen LogP contribution in [-0.4, -0.2) is 30.2 Å². The zero-order valence-electron chi connectivity index (χ0n) is 11.4. The quantitative estimate of drug-likeness (QED) is 0.652. The number of carbonyl (C=O) groups is 1. The highest BCUT2D eigenvalue weighted by Gasteiger charge is 2.22. The molecule has 0 saturated heterocycles. The summed E-state index contributed by atoms with van der Waals surface area (Å²) >= 11 is 6.47. The van der Waals surface area contributed by atoms with Gasteiger partial charge in [0.15, 0.2) is 0 Å². The molecule has 1 aromatic carbocycles. The summed E-state index contributed by atoms with van der Waals surface area (Å²) in [4.78, 5) is 25.2. The molecule has 0 aliphatic heterocycles. The Morgan fingerprint density at radius 1 is 1.32 bits per heavy atom. The van der Waals surface area contributed by atoms with Crippen LogP contribution in [-0.2, 0) is 6.42 Å². The zero-order chi connectivity index (χ0) is 15.9. The van der Waals surface area contributed by atoms with Gasteiger partial charge in [0.25, 0.3) is 0 Å². The molecule has 8 heteroatoms. The molecule has 0 radical (unpaired) electrons. The van der Waals surface area contributed by atoms with E-state index < -0.39 is 0 Å². The molecule has 22 heavy (non-hydrogen) atoms. The van der Waals surface area contributed by atoms with Gasteiger partial charge in [0, 0.05) is 5.56 Å². The average molecular weight is 426 g/mol. The second kappa shape index (κ2) is 5.77. The molecule has 112 valence electrons. The molecule has 2 aromatic heterocycles. The van der Waals surface area contributed by atoms with Gasteiger partial charge in [-0.3, -0.25) is 9.20 Å². The van der Waals surface area contributed by atoms with E-state index in [4.69, 9.17) is 0 Å². The van der Waals surface area contributed by atoms with E-state index in [0.29, 0.717) is 38.1 Å². The zero-order valence-corrected chi connectivity index (χ0v) is 14.6. The minimum Gasteiger partial charge on any atom is -0.506 e. The van der Waals surface area contributed by atoms with Crippen molar-refractivity contribution in [3.63, 3.8) is 0 Å². The third-order valence-electron chi connectivity index (χ3n) is 3.22. The van der Waals surface area contributed by atoms with Crippen LogP contribution in [0.5, 0.6) is 5.75 Å². The van der Waals surface area contributed by atoms with E-state index in [1.165, 1.54) is 12.7 Å². The van der Waals surface area contributed by atoms with Gasteiger partial charge in [-0.25, -0.2) is 15.0 Å². The Hall–Kier alpha value is -1.80. The minimum absolute atomic E-state index is 0.0498. The Labute approximate surface area is 142 Å². The Bertz CT molecular complexity index is 869. The molecule has 0 aliphatic rings. The first-order chi connectivity index (χ1) is 10.5. The van der Waals surface area contributed by atoms with Crippen molar-refractivity contribution >= 4 is 43.4 Å².